The van der Waals surface area contributed by atoms with E-state index in [1.165, 1.54) is 21.8 Å². The van der Waals surface area contributed by atoms with E-state index in [1.54, 1.807) is 0 Å². The van der Waals surface area contributed by atoms with E-state index < -0.39 is 0 Å². The molecule has 5 heteroatoms. The van der Waals surface area contributed by atoms with E-state index in [4.69, 9.17) is 4.74 Å². The second-order valence-corrected chi connectivity index (χ2v) is 8.71. The number of hydrogen-bond donors (Lipinski definition) is 1. The average Bonchev–Trinajstić information content (AvgIpc) is 2.99. The molecule has 0 radical (unpaired) electrons. The maximum Gasteiger partial charge on any atom is 0.341 e. The van der Waals surface area contributed by atoms with E-state index in [0.29, 0.717) is 22.0 Å². The van der Waals surface area contributed by atoms with Crippen LogP contribution in [0.2, 0.25) is 0 Å². The number of fused-ring (bicyclic) bond motifs is 1. The maximum atomic E-state index is 12.7. The highest BCUT2D eigenvalue weighted by Crippen LogP contribution is 2.39. The first-order valence-electron chi connectivity index (χ1n) is 9.63. The smallest absolute Gasteiger partial charge is 0.341 e. The molecule has 0 atom stereocenters. The number of nitrogens with one attached hydrogen (secondary N) is 1. The van der Waals surface area contributed by atoms with E-state index in [9.17, 15) is 9.59 Å². The normalized spacial score (nSPS) is 13.6. The highest BCUT2D eigenvalue weighted by Gasteiger charge is 2.28. The number of amides is 1. The summed E-state index contributed by atoms with van der Waals surface area (Å²) in [7, 11) is 0. The summed E-state index contributed by atoms with van der Waals surface area (Å²) in [6, 6.07) is 7.63. The zero-order valence-electron chi connectivity index (χ0n) is 16.4. The van der Waals surface area contributed by atoms with Gasteiger partial charge in [-0.3, -0.25) is 4.79 Å². The molecule has 27 heavy (non-hydrogen) atoms. The van der Waals surface area contributed by atoms with Crippen LogP contribution in [0.4, 0.5) is 5.00 Å². The first-order chi connectivity index (χ1) is 12.9. The third kappa shape index (κ3) is 4.41. The Kier molecular flexibility index (Phi) is 6.00. The van der Waals surface area contributed by atoms with Crippen LogP contribution in [0.1, 0.15) is 83.2 Å². The van der Waals surface area contributed by atoms with Gasteiger partial charge in [-0.25, -0.2) is 4.79 Å². The number of ether oxygens (including phenoxy) is 1. The molecule has 1 heterocycles. The molecule has 3 rings (SSSR count). The van der Waals surface area contributed by atoms with Crippen molar-refractivity contribution in [3.63, 3.8) is 0 Å². The number of carbonyl (C=O) groups is 2. The largest absolute Gasteiger partial charge is 0.459 e. The van der Waals surface area contributed by atoms with Crippen molar-refractivity contribution in [3.8, 4) is 0 Å². The minimum Gasteiger partial charge on any atom is -0.459 e. The van der Waals surface area contributed by atoms with Crippen LogP contribution in [-0.4, -0.2) is 18.0 Å². The van der Waals surface area contributed by atoms with Crippen molar-refractivity contribution in [1.82, 2.24) is 0 Å². The number of benzene rings is 1. The highest BCUT2D eigenvalue weighted by atomic mass is 32.1. The topological polar surface area (TPSA) is 55.4 Å². The summed E-state index contributed by atoms with van der Waals surface area (Å²) in [5, 5.41) is 3.58. The third-order valence-corrected chi connectivity index (χ3v) is 5.99. The van der Waals surface area contributed by atoms with Crippen molar-refractivity contribution < 1.29 is 14.3 Å². The quantitative estimate of drug-likeness (QED) is 0.685. The Morgan fingerprint density at radius 2 is 1.70 bits per heavy atom. The van der Waals surface area contributed by atoms with Crippen molar-refractivity contribution in [2.24, 2.45) is 0 Å². The molecule has 1 amide bonds. The van der Waals surface area contributed by atoms with Gasteiger partial charge in [-0.05, 0) is 68.7 Å². The number of hydrogen-bond acceptors (Lipinski definition) is 4. The lowest BCUT2D eigenvalue weighted by molar-refractivity contribution is 0.0378. The lowest BCUT2D eigenvalue weighted by Gasteiger charge is -2.14. The van der Waals surface area contributed by atoms with Gasteiger partial charge in [-0.1, -0.05) is 26.0 Å². The number of aryl methyl sites for hydroxylation is 1. The molecular formula is C22H27NO3S. The minimum absolute atomic E-state index is 0.191. The first kappa shape index (κ1) is 19.6. The van der Waals surface area contributed by atoms with Crippen LogP contribution in [0.15, 0.2) is 24.3 Å². The second-order valence-electron chi connectivity index (χ2n) is 7.60. The molecular weight excluding hydrogens is 358 g/mol. The number of carbonyl (C=O) groups excluding carboxylic acids is 2. The lowest BCUT2D eigenvalue weighted by Crippen LogP contribution is -2.18. The summed E-state index contributed by atoms with van der Waals surface area (Å²) >= 11 is 1.52. The summed E-state index contributed by atoms with van der Waals surface area (Å²) in [6.45, 7) is 7.92. The van der Waals surface area contributed by atoms with Gasteiger partial charge in [0.15, 0.2) is 0 Å². The summed E-state index contributed by atoms with van der Waals surface area (Å²) in [6.07, 6.45) is 3.82. The van der Waals surface area contributed by atoms with Crippen LogP contribution >= 0.6 is 11.3 Å². The number of thiophene rings is 1. The van der Waals surface area contributed by atoms with Crippen molar-refractivity contribution in [2.45, 2.75) is 65.4 Å². The summed E-state index contributed by atoms with van der Waals surface area (Å²) in [4.78, 5) is 26.6. The van der Waals surface area contributed by atoms with Gasteiger partial charge in [-0.15, -0.1) is 11.3 Å². The molecule has 0 aliphatic heterocycles. The molecule has 0 bridgehead atoms. The number of esters is 1. The Bertz CT molecular complexity index is 834. The zero-order valence-corrected chi connectivity index (χ0v) is 17.2. The molecule has 0 unspecified atom stereocenters. The Morgan fingerprint density at radius 3 is 2.33 bits per heavy atom. The number of rotatable bonds is 5. The van der Waals surface area contributed by atoms with Crippen molar-refractivity contribution >= 4 is 28.2 Å². The van der Waals surface area contributed by atoms with Crippen molar-refractivity contribution in [1.29, 1.82) is 0 Å². The van der Waals surface area contributed by atoms with E-state index in [2.05, 4.69) is 19.2 Å². The van der Waals surface area contributed by atoms with Crippen molar-refractivity contribution in [2.75, 3.05) is 5.32 Å². The SMILES string of the molecule is CC(C)OC(=O)c1c(NC(=O)c2ccc(C(C)C)cc2)sc2c1CCCC2. The molecule has 1 aliphatic rings. The molecule has 0 fully saturated rings. The van der Waals surface area contributed by atoms with Gasteiger partial charge in [0.25, 0.3) is 5.91 Å². The second kappa shape index (κ2) is 8.26. The van der Waals surface area contributed by atoms with Gasteiger partial charge in [0.1, 0.15) is 5.00 Å². The molecule has 0 saturated carbocycles. The fourth-order valence-corrected chi connectivity index (χ4v) is 4.61. The van der Waals surface area contributed by atoms with Crippen LogP contribution < -0.4 is 5.32 Å². The highest BCUT2D eigenvalue weighted by molar-refractivity contribution is 7.17. The van der Waals surface area contributed by atoms with Gasteiger partial charge in [-0.2, -0.15) is 0 Å². The third-order valence-electron chi connectivity index (χ3n) is 4.78. The Morgan fingerprint density at radius 1 is 1.04 bits per heavy atom. The average molecular weight is 386 g/mol. The maximum absolute atomic E-state index is 12.7. The molecule has 2 aromatic rings. The van der Waals surface area contributed by atoms with Gasteiger partial charge in [0.2, 0.25) is 0 Å². The fraction of sp³-hybridized carbons (Fsp3) is 0.455. The van der Waals surface area contributed by atoms with Crippen LogP contribution in [0.3, 0.4) is 0 Å². The fourth-order valence-electron chi connectivity index (χ4n) is 3.34. The van der Waals surface area contributed by atoms with Crippen LogP contribution in [0, 0.1) is 0 Å². The zero-order chi connectivity index (χ0) is 19.6. The van der Waals surface area contributed by atoms with Crippen molar-refractivity contribution in [3.05, 3.63) is 51.4 Å². The Labute approximate surface area is 164 Å². The van der Waals surface area contributed by atoms with Crippen LogP contribution in [0.25, 0.3) is 0 Å². The van der Waals surface area contributed by atoms with E-state index >= 15 is 0 Å². The standard InChI is InChI=1S/C22H27NO3S/c1-13(2)15-9-11-16(12-10-15)20(24)23-21-19(22(25)26-14(3)4)17-7-5-6-8-18(17)27-21/h9-14H,5-8H2,1-4H3,(H,23,24). The lowest BCUT2D eigenvalue weighted by atomic mass is 9.95. The van der Waals surface area contributed by atoms with Crippen LogP contribution in [0.5, 0.6) is 0 Å². The molecule has 0 saturated heterocycles. The van der Waals surface area contributed by atoms with Gasteiger partial charge in [0, 0.05) is 10.4 Å². The van der Waals surface area contributed by atoms with Gasteiger partial charge >= 0.3 is 5.97 Å². The molecule has 4 nitrogen and oxygen atoms in total. The Balaban J connectivity index is 1.88. The molecule has 0 spiro atoms. The predicted molar refractivity (Wildman–Crippen MR) is 110 cm³/mol. The predicted octanol–water partition coefficient (Wildman–Crippen LogP) is 5.57. The van der Waals surface area contributed by atoms with E-state index in [1.807, 2.05) is 38.1 Å². The molecule has 1 aromatic heterocycles. The molecule has 1 N–H and O–H groups in total. The Hall–Kier alpha value is -2.14. The van der Waals surface area contributed by atoms with Crippen LogP contribution in [-0.2, 0) is 17.6 Å². The van der Waals surface area contributed by atoms with E-state index in [-0.39, 0.29) is 18.0 Å². The summed E-state index contributed by atoms with van der Waals surface area (Å²) in [5.74, 6) is -0.110. The molecule has 1 aromatic carbocycles. The minimum atomic E-state index is -0.338. The number of anilines is 1. The summed E-state index contributed by atoms with van der Waals surface area (Å²) < 4.78 is 5.45. The monoisotopic (exact) mass is 385 g/mol. The summed E-state index contributed by atoms with van der Waals surface area (Å²) in [5.41, 5.74) is 3.39. The van der Waals surface area contributed by atoms with E-state index in [0.717, 1.165) is 31.2 Å². The van der Waals surface area contributed by atoms with Gasteiger partial charge < -0.3 is 10.1 Å². The first-order valence-corrected chi connectivity index (χ1v) is 10.4. The molecule has 1 aliphatic carbocycles. The van der Waals surface area contributed by atoms with Gasteiger partial charge in [0.05, 0.1) is 11.7 Å². The molecule has 144 valence electrons.